The van der Waals surface area contributed by atoms with Crippen molar-refractivity contribution >= 4 is 5.69 Å². The number of unbranched alkanes of at least 4 members (excludes halogenated alkanes) is 8. The van der Waals surface area contributed by atoms with Crippen molar-refractivity contribution in [2.75, 3.05) is 24.6 Å². The molecule has 1 heterocycles. The topological polar surface area (TPSA) is 12.5 Å². The van der Waals surface area contributed by atoms with Crippen molar-refractivity contribution in [3.05, 3.63) is 24.3 Å². The van der Waals surface area contributed by atoms with Gasteiger partial charge >= 0.3 is 0 Å². The van der Waals surface area contributed by atoms with Crippen LogP contribution in [-0.4, -0.2) is 19.7 Å². The summed E-state index contributed by atoms with van der Waals surface area (Å²) in [5.41, 5.74) is 1.35. The fourth-order valence-electron chi connectivity index (χ4n) is 4.33. The Kier molecular flexibility index (Phi) is 12.2. The minimum atomic E-state index is 0.723. The van der Waals surface area contributed by atoms with E-state index in [-0.39, 0.29) is 0 Å². The lowest BCUT2D eigenvalue weighted by atomic mass is 9.95. The molecular weight excluding hydrogens is 342 g/mol. The van der Waals surface area contributed by atoms with Crippen molar-refractivity contribution in [2.45, 2.75) is 104 Å². The van der Waals surface area contributed by atoms with Gasteiger partial charge in [-0.05, 0) is 55.9 Å². The summed E-state index contributed by atoms with van der Waals surface area (Å²) in [5, 5.41) is 0. The number of nitrogens with zero attached hydrogens (tertiary/aromatic N) is 1. The standard InChI is InChI=1S/C26H45NO/c1-3-5-7-9-10-12-16-24(15-11-8-6-4-2)23-28-26-19-17-25(18-20-26)27-21-13-14-22-27/h17-20,24H,3-16,21-23H2,1-2H3. The summed E-state index contributed by atoms with van der Waals surface area (Å²) < 4.78 is 6.22. The minimum absolute atomic E-state index is 0.723. The Morgan fingerprint density at radius 3 is 1.89 bits per heavy atom. The number of anilines is 1. The molecule has 0 aromatic heterocycles. The summed E-state index contributed by atoms with van der Waals surface area (Å²) in [7, 11) is 0. The van der Waals surface area contributed by atoms with Crippen LogP contribution in [0.2, 0.25) is 0 Å². The van der Waals surface area contributed by atoms with Gasteiger partial charge < -0.3 is 9.64 Å². The second-order valence-electron chi connectivity index (χ2n) is 8.77. The van der Waals surface area contributed by atoms with E-state index >= 15 is 0 Å². The van der Waals surface area contributed by atoms with Gasteiger partial charge in [0.2, 0.25) is 0 Å². The highest BCUT2D eigenvalue weighted by molar-refractivity contribution is 5.49. The Hall–Kier alpha value is -1.18. The largest absolute Gasteiger partial charge is 0.493 e. The Morgan fingerprint density at radius 2 is 1.29 bits per heavy atom. The first-order valence-electron chi connectivity index (χ1n) is 12.3. The molecule has 1 aromatic carbocycles. The molecule has 160 valence electrons. The lowest BCUT2D eigenvalue weighted by Crippen LogP contribution is -2.17. The van der Waals surface area contributed by atoms with Gasteiger partial charge in [0.15, 0.2) is 0 Å². The van der Waals surface area contributed by atoms with Crippen LogP contribution in [0.1, 0.15) is 104 Å². The van der Waals surface area contributed by atoms with Gasteiger partial charge in [0.25, 0.3) is 0 Å². The molecule has 1 saturated heterocycles. The quantitative estimate of drug-likeness (QED) is 0.266. The molecule has 2 rings (SSSR count). The van der Waals surface area contributed by atoms with Crippen molar-refractivity contribution < 1.29 is 4.74 Å². The molecule has 0 N–H and O–H groups in total. The SMILES string of the molecule is CCCCCCCCC(CCCCCC)COc1ccc(N2CCCC2)cc1. The van der Waals surface area contributed by atoms with E-state index in [0.717, 1.165) is 18.3 Å². The summed E-state index contributed by atoms with van der Waals surface area (Å²) in [4.78, 5) is 2.48. The summed E-state index contributed by atoms with van der Waals surface area (Å²) in [5.74, 6) is 1.77. The van der Waals surface area contributed by atoms with Gasteiger partial charge in [0.1, 0.15) is 5.75 Å². The minimum Gasteiger partial charge on any atom is -0.493 e. The van der Waals surface area contributed by atoms with E-state index in [4.69, 9.17) is 4.74 Å². The third-order valence-electron chi connectivity index (χ3n) is 6.23. The maximum Gasteiger partial charge on any atom is 0.119 e. The number of hydrogen-bond acceptors (Lipinski definition) is 2. The molecule has 28 heavy (non-hydrogen) atoms. The molecule has 1 aromatic rings. The Balaban J connectivity index is 1.72. The zero-order valence-corrected chi connectivity index (χ0v) is 18.8. The Morgan fingerprint density at radius 1 is 0.750 bits per heavy atom. The zero-order valence-electron chi connectivity index (χ0n) is 18.8. The van der Waals surface area contributed by atoms with Crippen LogP contribution in [-0.2, 0) is 0 Å². The van der Waals surface area contributed by atoms with Crippen molar-refractivity contribution in [3.8, 4) is 5.75 Å². The number of benzene rings is 1. The first-order chi connectivity index (χ1) is 13.8. The monoisotopic (exact) mass is 387 g/mol. The van der Waals surface area contributed by atoms with E-state index in [1.807, 2.05) is 0 Å². The van der Waals surface area contributed by atoms with Crippen molar-refractivity contribution in [1.29, 1.82) is 0 Å². The van der Waals surface area contributed by atoms with Gasteiger partial charge in [0.05, 0.1) is 6.61 Å². The van der Waals surface area contributed by atoms with E-state index in [9.17, 15) is 0 Å². The number of rotatable bonds is 16. The van der Waals surface area contributed by atoms with E-state index in [1.54, 1.807) is 0 Å². The average molecular weight is 388 g/mol. The summed E-state index contributed by atoms with van der Waals surface area (Å²) in [6, 6.07) is 8.83. The third-order valence-corrected chi connectivity index (χ3v) is 6.23. The molecule has 1 atom stereocenters. The molecule has 1 aliphatic rings. The van der Waals surface area contributed by atoms with Gasteiger partial charge in [0, 0.05) is 18.8 Å². The normalized spacial score (nSPS) is 15.1. The van der Waals surface area contributed by atoms with Gasteiger partial charge in [-0.3, -0.25) is 0 Å². The lowest BCUT2D eigenvalue weighted by molar-refractivity contribution is 0.224. The predicted octanol–water partition coefficient (Wildman–Crippen LogP) is 8.00. The van der Waals surface area contributed by atoms with Gasteiger partial charge in [-0.25, -0.2) is 0 Å². The fourth-order valence-corrected chi connectivity index (χ4v) is 4.33. The van der Waals surface area contributed by atoms with E-state index in [0.29, 0.717) is 0 Å². The second kappa shape index (κ2) is 14.8. The molecule has 0 spiro atoms. The maximum atomic E-state index is 6.22. The molecule has 0 bridgehead atoms. The second-order valence-corrected chi connectivity index (χ2v) is 8.77. The van der Waals surface area contributed by atoms with Gasteiger partial charge in [-0.1, -0.05) is 78.1 Å². The molecule has 2 nitrogen and oxygen atoms in total. The summed E-state index contributed by atoms with van der Waals surface area (Å²) >= 11 is 0. The fraction of sp³-hybridized carbons (Fsp3) is 0.769. The molecule has 0 amide bonds. The molecule has 1 fully saturated rings. The van der Waals surface area contributed by atoms with Crippen LogP contribution in [0.5, 0.6) is 5.75 Å². The highest BCUT2D eigenvalue weighted by Crippen LogP contribution is 2.25. The van der Waals surface area contributed by atoms with Gasteiger partial charge in [-0.15, -0.1) is 0 Å². The van der Waals surface area contributed by atoms with Crippen LogP contribution >= 0.6 is 0 Å². The number of hydrogen-bond donors (Lipinski definition) is 0. The Labute approximate surface area is 175 Å². The van der Waals surface area contributed by atoms with Crippen LogP contribution in [0.15, 0.2) is 24.3 Å². The van der Waals surface area contributed by atoms with Gasteiger partial charge in [-0.2, -0.15) is 0 Å². The Bertz CT molecular complexity index is 478. The molecule has 2 heteroatoms. The van der Waals surface area contributed by atoms with E-state index < -0.39 is 0 Å². The average Bonchev–Trinajstić information content (AvgIpc) is 3.26. The molecule has 0 aliphatic carbocycles. The maximum absolute atomic E-state index is 6.22. The van der Waals surface area contributed by atoms with Crippen molar-refractivity contribution in [2.24, 2.45) is 5.92 Å². The first kappa shape index (κ1) is 23.1. The smallest absolute Gasteiger partial charge is 0.119 e. The van der Waals surface area contributed by atoms with Crippen LogP contribution in [0.4, 0.5) is 5.69 Å². The molecule has 0 radical (unpaired) electrons. The van der Waals surface area contributed by atoms with Crippen LogP contribution in [0, 0.1) is 5.92 Å². The van der Waals surface area contributed by atoms with Crippen molar-refractivity contribution in [3.63, 3.8) is 0 Å². The summed E-state index contributed by atoms with van der Waals surface area (Å²) in [6.45, 7) is 7.89. The molecule has 0 saturated carbocycles. The highest BCUT2D eigenvalue weighted by atomic mass is 16.5. The first-order valence-corrected chi connectivity index (χ1v) is 12.3. The zero-order chi connectivity index (χ0) is 19.9. The lowest BCUT2D eigenvalue weighted by Gasteiger charge is -2.20. The van der Waals surface area contributed by atoms with E-state index in [1.165, 1.54) is 109 Å². The molecule has 1 aliphatic heterocycles. The van der Waals surface area contributed by atoms with E-state index in [2.05, 4.69) is 43.0 Å². The third kappa shape index (κ3) is 9.34. The molecule has 1 unspecified atom stereocenters. The van der Waals surface area contributed by atoms with Crippen molar-refractivity contribution in [1.82, 2.24) is 0 Å². The van der Waals surface area contributed by atoms with Crippen LogP contribution < -0.4 is 9.64 Å². The van der Waals surface area contributed by atoms with Crippen LogP contribution in [0.3, 0.4) is 0 Å². The molecular formula is C26H45NO. The predicted molar refractivity (Wildman–Crippen MR) is 124 cm³/mol. The van der Waals surface area contributed by atoms with Crippen LogP contribution in [0.25, 0.3) is 0 Å². The highest BCUT2D eigenvalue weighted by Gasteiger charge is 2.13. The number of ether oxygens (including phenoxy) is 1. The summed E-state index contributed by atoms with van der Waals surface area (Å²) in [6.07, 6.45) is 19.1.